The van der Waals surface area contributed by atoms with Gasteiger partial charge in [-0.05, 0) is 48.4 Å². The van der Waals surface area contributed by atoms with Crippen LogP contribution in [-0.4, -0.2) is 61.3 Å². The molecule has 0 radical (unpaired) electrons. The van der Waals surface area contributed by atoms with E-state index in [1.807, 2.05) is 0 Å². The normalized spacial score (nSPS) is 16.0. The van der Waals surface area contributed by atoms with Crippen LogP contribution in [0.15, 0.2) is 48.5 Å². The SMILES string of the molecule is CCCCCCCCCCCCCCCCS(=O)(=O)C(N)(Cc1ccc(OCC2CN(c3ccc(C(=N)N)cc3)C(=O)O2)cc1)C(=O)O. The van der Waals surface area contributed by atoms with Crippen molar-refractivity contribution in [1.82, 2.24) is 0 Å². The van der Waals surface area contributed by atoms with Crippen molar-refractivity contribution >= 4 is 33.4 Å². The molecule has 1 aliphatic rings. The molecule has 1 heterocycles. The molecule has 48 heavy (non-hydrogen) atoms. The number of aliphatic carboxylic acids is 1. The second-order valence-corrected chi connectivity index (χ2v) is 15.2. The maximum atomic E-state index is 13.1. The number of carbonyl (C=O) groups excluding carboxylic acids is 1. The maximum absolute atomic E-state index is 13.1. The van der Waals surface area contributed by atoms with Crippen molar-refractivity contribution in [3.05, 3.63) is 59.7 Å². The predicted octanol–water partition coefficient (Wildman–Crippen LogP) is 6.55. The molecule has 3 rings (SSSR count). The Morgan fingerprint density at radius 2 is 1.44 bits per heavy atom. The Morgan fingerprint density at radius 3 is 1.94 bits per heavy atom. The molecule has 2 aromatic rings. The molecule has 1 aliphatic heterocycles. The van der Waals surface area contributed by atoms with E-state index in [1.165, 1.54) is 62.7 Å². The number of nitrogens with one attached hydrogen (secondary N) is 1. The van der Waals surface area contributed by atoms with Crippen molar-refractivity contribution < 1.29 is 32.6 Å². The number of unbranched alkanes of at least 4 members (excludes halogenated alkanes) is 13. The molecule has 2 aromatic carbocycles. The van der Waals surface area contributed by atoms with Gasteiger partial charge in [0.15, 0.2) is 15.9 Å². The summed E-state index contributed by atoms with van der Waals surface area (Å²) in [5.74, 6) is -1.46. The summed E-state index contributed by atoms with van der Waals surface area (Å²) in [6, 6.07) is 13.1. The van der Waals surface area contributed by atoms with Gasteiger partial charge in [-0.2, -0.15) is 0 Å². The highest BCUT2D eigenvalue weighted by atomic mass is 32.2. The third-order valence-electron chi connectivity index (χ3n) is 8.87. The zero-order valence-corrected chi connectivity index (χ0v) is 29.1. The molecule has 1 amide bonds. The van der Waals surface area contributed by atoms with Crippen molar-refractivity contribution in [3.8, 4) is 5.75 Å². The Bertz CT molecular complexity index is 1420. The molecule has 1 fully saturated rings. The first-order valence-corrected chi connectivity index (χ1v) is 19.0. The number of rotatable bonds is 24. The Balaban J connectivity index is 1.38. The molecule has 12 heteroatoms. The number of carboxylic acids is 1. The highest BCUT2D eigenvalue weighted by Gasteiger charge is 2.47. The molecule has 0 aliphatic carbocycles. The van der Waals surface area contributed by atoms with Gasteiger partial charge in [-0.1, -0.05) is 103 Å². The highest BCUT2D eigenvalue weighted by molar-refractivity contribution is 7.93. The number of amidine groups is 1. The number of nitrogens with two attached hydrogens (primary N) is 2. The Labute approximate surface area is 285 Å². The molecule has 6 N–H and O–H groups in total. The zero-order valence-electron chi connectivity index (χ0n) is 28.3. The lowest BCUT2D eigenvalue weighted by molar-refractivity contribution is -0.140. The zero-order chi connectivity index (χ0) is 35.0. The predicted molar refractivity (Wildman–Crippen MR) is 189 cm³/mol. The van der Waals surface area contributed by atoms with E-state index in [1.54, 1.807) is 48.5 Å². The Morgan fingerprint density at radius 1 is 0.917 bits per heavy atom. The number of benzene rings is 2. The first-order valence-electron chi connectivity index (χ1n) is 17.4. The van der Waals surface area contributed by atoms with Crippen molar-refractivity contribution in [2.24, 2.45) is 11.5 Å². The standard InChI is InChI=1S/C36H54N4O7S/c1-2-3-4-5-6-7-8-9-10-11-12-13-14-15-24-48(44,45)36(39,34(41)42)25-28-16-22-31(23-17-28)46-27-32-26-40(35(43)47-32)30-20-18-29(19-21-30)33(37)38/h16-23,32H,2-15,24-27,39H2,1H3,(H3,37,38)(H,41,42). The van der Waals surface area contributed by atoms with Crippen LogP contribution in [0.5, 0.6) is 5.75 Å². The smallest absolute Gasteiger partial charge is 0.414 e. The van der Waals surface area contributed by atoms with Crippen molar-refractivity contribution in [2.45, 2.75) is 114 Å². The van der Waals surface area contributed by atoms with Crippen LogP contribution < -0.4 is 21.1 Å². The minimum absolute atomic E-state index is 0.0650. The lowest BCUT2D eigenvalue weighted by Crippen LogP contribution is -2.57. The first-order chi connectivity index (χ1) is 23.0. The van der Waals surface area contributed by atoms with E-state index in [0.29, 0.717) is 29.0 Å². The average Bonchev–Trinajstić information content (AvgIpc) is 3.44. The number of carboxylic acid groups (broad SMARTS) is 1. The number of sulfone groups is 1. The van der Waals surface area contributed by atoms with Crippen LogP contribution in [0.4, 0.5) is 10.5 Å². The highest BCUT2D eigenvalue weighted by Crippen LogP contribution is 2.25. The molecule has 0 saturated carbocycles. The van der Waals surface area contributed by atoms with E-state index in [4.69, 9.17) is 26.4 Å². The van der Waals surface area contributed by atoms with Gasteiger partial charge in [-0.3, -0.25) is 10.3 Å². The number of carbonyl (C=O) groups is 2. The first kappa shape index (κ1) is 38.8. The van der Waals surface area contributed by atoms with Crippen LogP contribution in [0, 0.1) is 5.41 Å². The van der Waals surface area contributed by atoms with Crippen LogP contribution in [0.2, 0.25) is 0 Å². The number of hydrogen-bond donors (Lipinski definition) is 4. The topological polar surface area (TPSA) is 186 Å². The van der Waals surface area contributed by atoms with Crippen molar-refractivity contribution in [2.75, 3.05) is 23.8 Å². The van der Waals surface area contributed by atoms with E-state index in [-0.39, 0.29) is 31.2 Å². The molecule has 0 spiro atoms. The van der Waals surface area contributed by atoms with E-state index >= 15 is 0 Å². The summed E-state index contributed by atoms with van der Waals surface area (Å²) in [4.78, 5) is 23.6. The molecule has 2 atom stereocenters. The quantitative estimate of drug-likeness (QED) is 0.0539. The molecular weight excluding hydrogens is 632 g/mol. The van der Waals surface area contributed by atoms with E-state index in [0.717, 1.165) is 25.7 Å². The Hall–Kier alpha value is -3.64. The number of ether oxygens (including phenoxy) is 2. The van der Waals surface area contributed by atoms with Gasteiger partial charge in [-0.25, -0.2) is 18.0 Å². The van der Waals surface area contributed by atoms with Crippen LogP contribution in [-0.2, 0) is 25.8 Å². The minimum Gasteiger partial charge on any atom is -0.490 e. The summed E-state index contributed by atoms with van der Waals surface area (Å²) in [6.45, 7) is 2.58. The van der Waals surface area contributed by atoms with Gasteiger partial charge in [0.2, 0.25) is 4.87 Å². The summed E-state index contributed by atoms with van der Waals surface area (Å²) in [6.07, 6.45) is 14.5. The second-order valence-electron chi connectivity index (χ2n) is 12.8. The second kappa shape index (κ2) is 19.4. The molecule has 2 unspecified atom stereocenters. The van der Waals surface area contributed by atoms with Gasteiger partial charge in [0.25, 0.3) is 0 Å². The molecular formula is C36H54N4O7S. The average molecular weight is 687 g/mol. The van der Waals surface area contributed by atoms with E-state index in [2.05, 4.69) is 6.92 Å². The Kier molecular flexibility index (Phi) is 15.7. The van der Waals surface area contributed by atoms with Crippen LogP contribution in [0.25, 0.3) is 0 Å². The van der Waals surface area contributed by atoms with Crippen LogP contribution in [0.3, 0.4) is 0 Å². The van der Waals surface area contributed by atoms with Crippen molar-refractivity contribution in [3.63, 3.8) is 0 Å². The summed E-state index contributed by atoms with van der Waals surface area (Å²) >= 11 is 0. The number of hydrogen-bond acceptors (Lipinski definition) is 8. The van der Waals surface area contributed by atoms with E-state index < -0.39 is 32.9 Å². The van der Waals surface area contributed by atoms with Gasteiger partial charge in [0.05, 0.1) is 12.3 Å². The number of cyclic esters (lactones) is 1. The number of nitrogens with zero attached hydrogens (tertiary/aromatic N) is 1. The number of nitrogen functional groups attached to an aromatic ring is 1. The largest absolute Gasteiger partial charge is 0.490 e. The lowest BCUT2D eigenvalue weighted by atomic mass is 10.0. The summed E-state index contributed by atoms with van der Waals surface area (Å²) < 4.78 is 37.5. The third-order valence-corrected chi connectivity index (χ3v) is 11.1. The summed E-state index contributed by atoms with van der Waals surface area (Å²) in [5.41, 5.74) is 13.2. The molecule has 1 saturated heterocycles. The minimum atomic E-state index is -4.13. The molecule has 0 bridgehead atoms. The van der Waals surface area contributed by atoms with Gasteiger partial charge in [-0.15, -0.1) is 0 Å². The van der Waals surface area contributed by atoms with Crippen LogP contribution >= 0.6 is 0 Å². The summed E-state index contributed by atoms with van der Waals surface area (Å²) in [7, 11) is -4.13. The summed E-state index contributed by atoms with van der Waals surface area (Å²) in [5, 5.41) is 17.4. The van der Waals surface area contributed by atoms with Gasteiger partial charge in [0, 0.05) is 17.7 Å². The fraction of sp³-hybridized carbons (Fsp3) is 0.583. The van der Waals surface area contributed by atoms with Gasteiger partial charge < -0.3 is 26.0 Å². The third kappa shape index (κ3) is 11.8. The molecule has 11 nitrogen and oxygen atoms in total. The monoisotopic (exact) mass is 686 g/mol. The van der Waals surface area contributed by atoms with Crippen molar-refractivity contribution in [1.29, 1.82) is 5.41 Å². The van der Waals surface area contributed by atoms with Crippen LogP contribution in [0.1, 0.15) is 108 Å². The molecule has 0 aromatic heterocycles. The van der Waals surface area contributed by atoms with Gasteiger partial charge >= 0.3 is 12.1 Å². The maximum Gasteiger partial charge on any atom is 0.414 e. The van der Waals surface area contributed by atoms with E-state index in [9.17, 15) is 23.1 Å². The molecule has 266 valence electrons. The fourth-order valence-electron chi connectivity index (χ4n) is 5.82. The number of amides is 1. The van der Waals surface area contributed by atoms with Gasteiger partial charge in [0.1, 0.15) is 18.2 Å². The fourth-order valence-corrected chi connectivity index (χ4v) is 7.42. The number of anilines is 1. The lowest BCUT2D eigenvalue weighted by Gasteiger charge is -2.25.